The third kappa shape index (κ3) is 2.23. The first-order chi connectivity index (χ1) is 7.48. The topological polar surface area (TPSA) is 55.0 Å². The van der Waals surface area contributed by atoms with Crippen LogP contribution in [-0.2, 0) is 0 Å². The van der Waals surface area contributed by atoms with Crippen LogP contribution in [0.25, 0.3) is 0 Å². The average molecular weight is 224 g/mol. The maximum absolute atomic E-state index is 13.5. The maximum Gasteiger partial charge on any atom is 0.222 e. The molecule has 0 aromatic carbocycles. The molecule has 0 unspecified atom stereocenters. The minimum absolute atomic E-state index is 0.126. The van der Waals surface area contributed by atoms with E-state index in [9.17, 15) is 4.39 Å². The summed E-state index contributed by atoms with van der Waals surface area (Å²) in [6.45, 7) is 6.10. The molecule has 0 amide bonds. The summed E-state index contributed by atoms with van der Waals surface area (Å²) in [6, 6.07) is 0. The van der Waals surface area contributed by atoms with Gasteiger partial charge in [0.05, 0.1) is 6.20 Å². The number of rotatable bonds is 1. The number of aromatic nitrogens is 2. The summed E-state index contributed by atoms with van der Waals surface area (Å²) in [5, 5.41) is 0. The van der Waals surface area contributed by atoms with Crippen molar-refractivity contribution in [3.63, 3.8) is 0 Å². The summed E-state index contributed by atoms with van der Waals surface area (Å²) in [5.41, 5.74) is 5.81. The molecule has 2 heterocycles. The molecule has 0 atom stereocenters. The predicted octanol–water partition coefficient (Wildman–Crippen LogP) is 1.82. The Morgan fingerprint density at radius 1 is 1.38 bits per heavy atom. The van der Waals surface area contributed by atoms with Crippen molar-refractivity contribution in [3.05, 3.63) is 12.0 Å². The zero-order valence-electron chi connectivity index (χ0n) is 9.70. The molecule has 0 spiro atoms. The van der Waals surface area contributed by atoms with Gasteiger partial charge in [-0.25, -0.2) is 9.37 Å². The molecule has 0 saturated carbocycles. The minimum atomic E-state index is -0.395. The first kappa shape index (κ1) is 11.1. The highest BCUT2D eigenvalue weighted by Gasteiger charge is 2.27. The van der Waals surface area contributed by atoms with Gasteiger partial charge in [0.15, 0.2) is 11.6 Å². The summed E-state index contributed by atoms with van der Waals surface area (Å²) in [6.07, 6.45) is 3.21. The van der Waals surface area contributed by atoms with Crippen molar-refractivity contribution in [2.45, 2.75) is 26.7 Å². The molecule has 2 N–H and O–H groups in total. The molecule has 1 saturated heterocycles. The Balaban J connectivity index is 2.17. The van der Waals surface area contributed by atoms with Gasteiger partial charge < -0.3 is 10.6 Å². The summed E-state index contributed by atoms with van der Waals surface area (Å²) < 4.78 is 13.5. The fraction of sp³-hybridized carbons (Fsp3) is 0.636. The van der Waals surface area contributed by atoms with Crippen LogP contribution in [-0.4, -0.2) is 23.1 Å². The van der Waals surface area contributed by atoms with Gasteiger partial charge in [-0.05, 0) is 18.3 Å². The van der Waals surface area contributed by atoms with E-state index >= 15 is 0 Å². The molecule has 5 heteroatoms. The van der Waals surface area contributed by atoms with Crippen molar-refractivity contribution in [1.29, 1.82) is 0 Å². The van der Waals surface area contributed by atoms with Crippen LogP contribution in [0.3, 0.4) is 0 Å². The highest BCUT2D eigenvalue weighted by molar-refractivity contribution is 5.42. The lowest BCUT2D eigenvalue weighted by Crippen LogP contribution is -2.38. The molecule has 1 fully saturated rings. The van der Waals surface area contributed by atoms with Crippen LogP contribution < -0.4 is 10.6 Å². The molecule has 88 valence electrons. The SMILES string of the molecule is CC1(C)CCN(c2nc(N)ncc2F)CC1. The standard InChI is InChI=1S/C11H17FN4/c1-11(2)3-5-16(6-4-11)9-8(12)7-14-10(13)15-9/h7H,3-6H2,1-2H3,(H2,13,14,15). The molecule has 1 aliphatic heterocycles. The van der Waals surface area contributed by atoms with Crippen molar-refractivity contribution >= 4 is 11.8 Å². The Morgan fingerprint density at radius 3 is 2.62 bits per heavy atom. The highest BCUT2D eigenvalue weighted by atomic mass is 19.1. The number of nitrogens with zero attached hydrogens (tertiary/aromatic N) is 3. The molecule has 1 aromatic rings. The van der Waals surface area contributed by atoms with Gasteiger partial charge in [-0.15, -0.1) is 0 Å². The van der Waals surface area contributed by atoms with Gasteiger partial charge in [-0.2, -0.15) is 4.98 Å². The fourth-order valence-electron chi connectivity index (χ4n) is 1.92. The quantitative estimate of drug-likeness (QED) is 0.790. The minimum Gasteiger partial charge on any atom is -0.368 e. The van der Waals surface area contributed by atoms with Crippen LogP contribution in [0.2, 0.25) is 0 Å². The molecule has 0 radical (unpaired) electrons. The second-order valence-electron chi connectivity index (χ2n) is 5.05. The average Bonchev–Trinajstić information content (AvgIpc) is 2.22. The Kier molecular flexibility index (Phi) is 2.69. The molecular weight excluding hydrogens is 207 g/mol. The fourth-order valence-corrected chi connectivity index (χ4v) is 1.92. The van der Waals surface area contributed by atoms with Crippen molar-refractivity contribution in [1.82, 2.24) is 9.97 Å². The van der Waals surface area contributed by atoms with Crippen molar-refractivity contribution in [2.24, 2.45) is 5.41 Å². The Morgan fingerprint density at radius 2 is 2.00 bits per heavy atom. The van der Waals surface area contributed by atoms with E-state index in [-0.39, 0.29) is 5.95 Å². The van der Waals surface area contributed by atoms with Gasteiger partial charge in [-0.3, -0.25) is 0 Å². The molecule has 1 aliphatic rings. The highest BCUT2D eigenvalue weighted by Crippen LogP contribution is 2.32. The lowest BCUT2D eigenvalue weighted by molar-refractivity contribution is 0.278. The largest absolute Gasteiger partial charge is 0.368 e. The number of piperidine rings is 1. The first-order valence-corrected chi connectivity index (χ1v) is 5.51. The Labute approximate surface area is 94.7 Å². The zero-order chi connectivity index (χ0) is 11.8. The van der Waals surface area contributed by atoms with E-state index in [2.05, 4.69) is 23.8 Å². The third-order valence-electron chi connectivity index (χ3n) is 3.16. The zero-order valence-corrected chi connectivity index (χ0v) is 9.70. The van der Waals surface area contributed by atoms with Crippen LogP contribution in [0, 0.1) is 11.2 Å². The Bertz CT molecular complexity index is 382. The summed E-state index contributed by atoms with van der Waals surface area (Å²) >= 11 is 0. The third-order valence-corrected chi connectivity index (χ3v) is 3.16. The van der Waals surface area contributed by atoms with E-state index < -0.39 is 5.82 Å². The van der Waals surface area contributed by atoms with Crippen molar-refractivity contribution in [2.75, 3.05) is 23.7 Å². The normalized spacial score (nSPS) is 19.8. The lowest BCUT2D eigenvalue weighted by Gasteiger charge is -2.37. The van der Waals surface area contributed by atoms with Gasteiger partial charge in [0.1, 0.15) is 0 Å². The predicted molar refractivity (Wildman–Crippen MR) is 61.6 cm³/mol. The molecule has 0 bridgehead atoms. The van der Waals surface area contributed by atoms with E-state index in [0.717, 1.165) is 32.1 Å². The molecule has 0 aliphatic carbocycles. The number of halogens is 1. The van der Waals surface area contributed by atoms with Crippen molar-refractivity contribution in [3.8, 4) is 0 Å². The second kappa shape index (κ2) is 3.88. The van der Waals surface area contributed by atoms with Crippen molar-refractivity contribution < 1.29 is 4.39 Å². The summed E-state index contributed by atoms with van der Waals surface area (Å²) in [5.74, 6) is 0.0677. The molecule has 16 heavy (non-hydrogen) atoms. The first-order valence-electron chi connectivity index (χ1n) is 5.51. The molecule has 4 nitrogen and oxygen atoms in total. The van der Waals surface area contributed by atoms with Gasteiger partial charge >= 0.3 is 0 Å². The number of anilines is 2. The lowest BCUT2D eigenvalue weighted by atomic mass is 9.83. The van der Waals surface area contributed by atoms with E-state index in [1.807, 2.05) is 4.90 Å². The van der Waals surface area contributed by atoms with Crippen LogP contribution in [0.1, 0.15) is 26.7 Å². The van der Waals surface area contributed by atoms with Gasteiger partial charge in [0.25, 0.3) is 0 Å². The van der Waals surface area contributed by atoms with Gasteiger partial charge in [0, 0.05) is 13.1 Å². The second-order valence-corrected chi connectivity index (χ2v) is 5.05. The number of nitrogens with two attached hydrogens (primary N) is 1. The van der Waals surface area contributed by atoms with E-state index in [4.69, 9.17) is 5.73 Å². The molecule has 1 aromatic heterocycles. The molecular formula is C11H17FN4. The molecule has 2 rings (SSSR count). The van der Waals surface area contributed by atoms with Gasteiger partial charge in [-0.1, -0.05) is 13.8 Å². The van der Waals surface area contributed by atoms with E-state index in [0.29, 0.717) is 11.2 Å². The van der Waals surface area contributed by atoms with E-state index in [1.165, 1.54) is 0 Å². The maximum atomic E-state index is 13.5. The number of nitrogen functional groups attached to an aromatic ring is 1. The van der Waals surface area contributed by atoms with Gasteiger partial charge in [0.2, 0.25) is 5.95 Å². The van der Waals surface area contributed by atoms with Crippen LogP contribution in [0.4, 0.5) is 16.2 Å². The van der Waals surface area contributed by atoms with Crippen LogP contribution in [0.5, 0.6) is 0 Å². The number of hydrogen-bond donors (Lipinski definition) is 1. The monoisotopic (exact) mass is 224 g/mol. The Hall–Kier alpha value is -1.39. The summed E-state index contributed by atoms with van der Waals surface area (Å²) in [7, 11) is 0. The smallest absolute Gasteiger partial charge is 0.222 e. The van der Waals surface area contributed by atoms with Crippen LogP contribution >= 0.6 is 0 Å². The van der Waals surface area contributed by atoms with E-state index in [1.54, 1.807) is 0 Å². The number of hydrogen-bond acceptors (Lipinski definition) is 4. The summed E-state index contributed by atoms with van der Waals surface area (Å²) in [4.78, 5) is 9.53. The van der Waals surface area contributed by atoms with Crippen LogP contribution in [0.15, 0.2) is 6.20 Å².